The molecule has 0 spiro atoms. The molecule has 1 fully saturated rings. The van der Waals surface area contributed by atoms with Crippen LogP contribution in [0.2, 0.25) is 0 Å². The third-order valence-corrected chi connectivity index (χ3v) is 6.56. The fraction of sp³-hybridized carbons (Fsp3) is 0.300. The van der Waals surface area contributed by atoms with Crippen LogP contribution in [0.3, 0.4) is 0 Å². The molecule has 27 heavy (non-hydrogen) atoms. The van der Waals surface area contributed by atoms with Gasteiger partial charge < -0.3 is 9.64 Å². The number of carbonyl (C=O) groups is 1. The molecule has 7 heteroatoms. The zero-order valence-electron chi connectivity index (χ0n) is 15.1. The Morgan fingerprint density at radius 1 is 1.11 bits per heavy atom. The third-order valence-electron chi connectivity index (χ3n) is 4.68. The maximum Gasteiger partial charge on any atom is 0.273 e. The molecule has 0 aliphatic carbocycles. The molecule has 0 unspecified atom stereocenters. The number of thiazole rings is 1. The van der Waals surface area contributed by atoms with Gasteiger partial charge in [-0.05, 0) is 29.1 Å². The number of amides is 1. The summed E-state index contributed by atoms with van der Waals surface area (Å²) in [5.74, 6) is 0.914. The second-order valence-corrected chi connectivity index (χ2v) is 8.24. The van der Waals surface area contributed by atoms with Crippen LogP contribution in [0.4, 0.5) is 0 Å². The molecule has 1 aliphatic heterocycles. The van der Waals surface area contributed by atoms with E-state index in [1.54, 1.807) is 18.4 Å². The summed E-state index contributed by atoms with van der Waals surface area (Å²) in [6, 6.07) is 12.2. The molecule has 0 N–H and O–H groups in total. The predicted molar refractivity (Wildman–Crippen MR) is 110 cm³/mol. The van der Waals surface area contributed by atoms with E-state index in [0.717, 1.165) is 48.4 Å². The van der Waals surface area contributed by atoms with Crippen molar-refractivity contribution < 1.29 is 9.53 Å². The highest BCUT2D eigenvalue weighted by atomic mass is 32.1. The van der Waals surface area contributed by atoms with Crippen LogP contribution in [0, 0.1) is 0 Å². The normalized spacial score (nSPS) is 15.1. The van der Waals surface area contributed by atoms with Crippen LogP contribution in [0.1, 0.15) is 16.1 Å². The summed E-state index contributed by atoms with van der Waals surface area (Å²) >= 11 is 3.18. The molecule has 0 radical (unpaired) electrons. The molecule has 1 aliphatic rings. The Morgan fingerprint density at radius 3 is 2.56 bits per heavy atom. The van der Waals surface area contributed by atoms with E-state index in [-0.39, 0.29) is 5.91 Å². The number of benzene rings is 1. The first-order valence-electron chi connectivity index (χ1n) is 8.87. The number of hydrogen-bond acceptors (Lipinski definition) is 6. The Bertz CT molecular complexity index is 882. The Morgan fingerprint density at radius 2 is 1.89 bits per heavy atom. The van der Waals surface area contributed by atoms with Crippen LogP contribution in [0.25, 0.3) is 9.88 Å². The van der Waals surface area contributed by atoms with Gasteiger partial charge in [-0.15, -0.1) is 22.7 Å². The van der Waals surface area contributed by atoms with Crippen molar-refractivity contribution in [2.45, 2.75) is 6.54 Å². The second-order valence-electron chi connectivity index (χ2n) is 6.43. The molecule has 0 saturated carbocycles. The van der Waals surface area contributed by atoms with E-state index >= 15 is 0 Å². The van der Waals surface area contributed by atoms with Crippen molar-refractivity contribution >= 4 is 28.6 Å². The van der Waals surface area contributed by atoms with Crippen molar-refractivity contribution in [3.63, 3.8) is 0 Å². The topological polar surface area (TPSA) is 45.7 Å². The fourth-order valence-electron chi connectivity index (χ4n) is 3.15. The lowest BCUT2D eigenvalue weighted by Crippen LogP contribution is -2.48. The van der Waals surface area contributed by atoms with Crippen molar-refractivity contribution in [3.8, 4) is 15.6 Å². The summed E-state index contributed by atoms with van der Waals surface area (Å²) in [6.45, 7) is 4.12. The monoisotopic (exact) mass is 399 g/mol. The van der Waals surface area contributed by atoms with Crippen molar-refractivity contribution in [2.75, 3.05) is 33.3 Å². The van der Waals surface area contributed by atoms with Gasteiger partial charge in [0.05, 0.1) is 12.0 Å². The van der Waals surface area contributed by atoms with Crippen molar-refractivity contribution in [1.29, 1.82) is 0 Å². The Kier molecular flexibility index (Phi) is 5.52. The molecule has 3 aromatic rings. The lowest BCUT2D eigenvalue weighted by atomic mass is 10.2. The van der Waals surface area contributed by atoms with Crippen LogP contribution in [0.15, 0.2) is 47.2 Å². The number of aromatic nitrogens is 1. The number of methoxy groups -OCH3 is 1. The largest absolute Gasteiger partial charge is 0.497 e. The van der Waals surface area contributed by atoms with E-state index in [2.05, 4.69) is 22.0 Å². The van der Waals surface area contributed by atoms with Gasteiger partial charge in [-0.2, -0.15) is 0 Å². The highest BCUT2D eigenvalue weighted by molar-refractivity contribution is 7.20. The van der Waals surface area contributed by atoms with E-state index in [1.165, 1.54) is 16.9 Å². The van der Waals surface area contributed by atoms with E-state index in [1.807, 2.05) is 39.9 Å². The minimum absolute atomic E-state index is 0.0400. The van der Waals surface area contributed by atoms with Crippen LogP contribution in [-0.2, 0) is 6.54 Å². The Balaban J connectivity index is 1.32. The van der Waals surface area contributed by atoms with E-state index in [4.69, 9.17) is 4.74 Å². The van der Waals surface area contributed by atoms with Gasteiger partial charge in [0, 0.05) is 38.1 Å². The molecule has 1 amide bonds. The summed E-state index contributed by atoms with van der Waals surface area (Å²) in [4.78, 5) is 22.7. The first-order chi connectivity index (χ1) is 13.2. The number of thiophene rings is 1. The van der Waals surface area contributed by atoms with E-state index < -0.39 is 0 Å². The van der Waals surface area contributed by atoms with Crippen LogP contribution >= 0.6 is 22.7 Å². The average molecular weight is 400 g/mol. The molecule has 5 nitrogen and oxygen atoms in total. The zero-order valence-corrected chi connectivity index (χ0v) is 16.8. The van der Waals surface area contributed by atoms with Crippen molar-refractivity contribution in [3.05, 3.63) is 58.4 Å². The molecular weight excluding hydrogens is 378 g/mol. The van der Waals surface area contributed by atoms with Crippen molar-refractivity contribution in [1.82, 2.24) is 14.8 Å². The van der Waals surface area contributed by atoms with Gasteiger partial charge >= 0.3 is 0 Å². The standard InChI is InChI=1S/C20H21N3O2S2/c1-25-16-6-4-15(5-7-16)13-22-8-10-23(11-9-22)20(24)17-14-27-19(21-17)18-3-2-12-26-18/h2-7,12,14H,8-11,13H2,1H3. The number of ether oxygens (including phenoxy) is 1. The van der Waals surface area contributed by atoms with Crippen LogP contribution in [0.5, 0.6) is 5.75 Å². The molecule has 1 aromatic carbocycles. The Hall–Kier alpha value is -2.22. The second kappa shape index (κ2) is 8.21. The maximum absolute atomic E-state index is 12.8. The Labute approximate surface area is 166 Å². The molecule has 2 aromatic heterocycles. The van der Waals surface area contributed by atoms with Crippen molar-refractivity contribution in [2.24, 2.45) is 0 Å². The molecule has 1 saturated heterocycles. The van der Waals surface area contributed by atoms with Gasteiger partial charge in [-0.25, -0.2) is 4.98 Å². The van der Waals surface area contributed by atoms with Gasteiger partial charge in [0.25, 0.3) is 5.91 Å². The summed E-state index contributed by atoms with van der Waals surface area (Å²) in [5.41, 5.74) is 1.82. The summed E-state index contributed by atoms with van der Waals surface area (Å²) in [6.07, 6.45) is 0. The van der Waals surface area contributed by atoms with E-state index in [0.29, 0.717) is 5.69 Å². The van der Waals surface area contributed by atoms with E-state index in [9.17, 15) is 4.79 Å². The van der Waals surface area contributed by atoms with Gasteiger partial charge in [-0.1, -0.05) is 18.2 Å². The SMILES string of the molecule is COc1ccc(CN2CCN(C(=O)c3csc(-c4cccs4)n3)CC2)cc1. The molecule has 4 rings (SSSR count). The number of carbonyl (C=O) groups excluding carboxylic acids is 1. The summed E-state index contributed by atoms with van der Waals surface area (Å²) < 4.78 is 5.20. The van der Waals surface area contributed by atoms with Gasteiger partial charge in [0.1, 0.15) is 16.5 Å². The zero-order chi connectivity index (χ0) is 18.6. The summed E-state index contributed by atoms with van der Waals surface area (Å²) in [5, 5.41) is 4.83. The highest BCUT2D eigenvalue weighted by Gasteiger charge is 2.24. The highest BCUT2D eigenvalue weighted by Crippen LogP contribution is 2.28. The number of piperazine rings is 1. The lowest BCUT2D eigenvalue weighted by molar-refractivity contribution is 0.0623. The van der Waals surface area contributed by atoms with Gasteiger partial charge in [-0.3, -0.25) is 9.69 Å². The quantitative estimate of drug-likeness (QED) is 0.654. The molecular formula is C20H21N3O2S2. The molecule has 0 atom stereocenters. The maximum atomic E-state index is 12.8. The first-order valence-corrected chi connectivity index (χ1v) is 10.6. The van der Waals surface area contributed by atoms with Gasteiger partial charge in [0.2, 0.25) is 0 Å². The minimum Gasteiger partial charge on any atom is -0.497 e. The molecule has 3 heterocycles. The minimum atomic E-state index is 0.0400. The van der Waals surface area contributed by atoms with Crippen LogP contribution in [-0.4, -0.2) is 54.0 Å². The lowest BCUT2D eigenvalue weighted by Gasteiger charge is -2.34. The van der Waals surface area contributed by atoms with Gasteiger partial charge in [0.15, 0.2) is 0 Å². The third kappa shape index (κ3) is 4.21. The number of rotatable bonds is 5. The first kappa shape index (κ1) is 18.2. The predicted octanol–water partition coefficient (Wildman–Crippen LogP) is 3.84. The number of nitrogens with zero attached hydrogens (tertiary/aromatic N) is 3. The average Bonchev–Trinajstić information content (AvgIpc) is 3.40. The smallest absolute Gasteiger partial charge is 0.273 e. The molecule has 140 valence electrons. The summed E-state index contributed by atoms with van der Waals surface area (Å²) in [7, 11) is 1.68. The van der Waals surface area contributed by atoms with Crippen LogP contribution < -0.4 is 4.74 Å². The number of hydrogen-bond donors (Lipinski definition) is 0. The molecule has 0 bridgehead atoms. The fourth-order valence-corrected chi connectivity index (χ4v) is 4.75.